The smallest absolute Gasteiger partial charge is 0.101 e. The summed E-state index contributed by atoms with van der Waals surface area (Å²) in [6.45, 7) is 8.97. The Hall–Kier alpha value is -1.20. The van der Waals surface area contributed by atoms with Crippen molar-refractivity contribution in [1.29, 1.82) is 5.26 Å². The summed E-state index contributed by atoms with van der Waals surface area (Å²) in [5.74, 6) is 0. The fourth-order valence-electron chi connectivity index (χ4n) is 2.45. The molecule has 2 nitrogen and oxygen atoms in total. The number of hydrogen-bond donors (Lipinski definition) is 1. The van der Waals surface area contributed by atoms with Crippen LogP contribution in [0.1, 0.15) is 33.3 Å². The summed E-state index contributed by atoms with van der Waals surface area (Å²) in [6.07, 6.45) is 0. The van der Waals surface area contributed by atoms with Crippen LogP contribution in [-0.2, 0) is 0 Å². The molecular formula is C14H17ClN2. The van der Waals surface area contributed by atoms with Crippen LogP contribution in [0, 0.1) is 22.2 Å². The summed E-state index contributed by atoms with van der Waals surface area (Å²) >= 11 is 5.88. The Morgan fingerprint density at radius 2 is 1.82 bits per heavy atom. The zero-order valence-electron chi connectivity index (χ0n) is 10.6. The van der Waals surface area contributed by atoms with Crippen molar-refractivity contribution in [2.24, 2.45) is 10.8 Å². The maximum atomic E-state index is 9.09. The van der Waals surface area contributed by atoms with E-state index in [0.29, 0.717) is 16.6 Å². The lowest BCUT2D eigenvalue weighted by molar-refractivity contribution is 0.457. The maximum absolute atomic E-state index is 9.09. The van der Waals surface area contributed by atoms with Crippen LogP contribution < -0.4 is 5.32 Å². The SMILES string of the molecule is CC1(C)C(Nc2ccc(Cl)cc2C#N)C1(C)C. The van der Waals surface area contributed by atoms with E-state index in [0.717, 1.165) is 5.69 Å². The first-order valence-electron chi connectivity index (χ1n) is 5.77. The lowest BCUT2D eigenvalue weighted by Crippen LogP contribution is -2.11. The highest BCUT2D eigenvalue weighted by Crippen LogP contribution is 2.63. The predicted octanol–water partition coefficient (Wildman–Crippen LogP) is 4.06. The first-order chi connectivity index (χ1) is 7.80. The molecule has 0 atom stereocenters. The number of benzene rings is 1. The van der Waals surface area contributed by atoms with Crippen LogP contribution in [0.5, 0.6) is 0 Å². The maximum Gasteiger partial charge on any atom is 0.101 e. The van der Waals surface area contributed by atoms with Gasteiger partial charge in [0.15, 0.2) is 0 Å². The van der Waals surface area contributed by atoms with Gasteiger partial charge in [-0.3, -0.25) is 0 Å². The predicted molar refractivity (Wildman–Crippen MR) is 71.1 cm³/mol. The Morgan fingerprint density at radius 1 is 1.24 bits per heavy atom. The second-order valence-electron chi connectivity index (χ2n) is 5.82. The number of nitrogens with zero attached hydrogens (tertiary/aromatic N) is 1. The monoisotopic (exact) mass is 248 g/mol. The summed E-state index contributed by atoms with van der Waals surface area (Å²) in [5.41, 5.74) is 1.98. The van der Waals surface area contributed by atoms with Gasteiger partial charge in [-0.1, -0.05) is 39.3 Å². The molecule has 1 aliphatic carbocycles. The lowest BCUT2D eigenvalue weighted by Gasteiger charge is -2.10. The lowest BCUT2D eigenvalue weighted by atomic mass is 10.0. The minimum atomic E-state index is 0.249. The van der Waals surface area contributed by atoms with E-state index in [2.05, 4.69) is 39.1 Å². The van der Waals surface area contributed by atoms with Crippen molar-refractivity contribution in [2.75, 3.05) is 5.32 Å². The van der Waals surface area contributed by atoms with Crippen molar-refractivity contribution in [3.63, 3.8) is 0 Å². The van der Waals surface area contributed by atoms with Gasteiger partial charge in [-0.05, 0) is 29.0 Å². The van der Waals surface area contributed by atoms with Crippen LogP contribution in [0.15, 0.2) is 18.2 Å². The Labute approximate surface area is 108 Å². The van der Waals surface area contributed by atoms with Crippen LogP contribution in [0.4, 0.5) is 5.69 Å². The van der Waals surface area contributed by atoms with Gasteiger partial charge in [-0.2, -0.15) is 5.26 Å². The highest BCUT2D eigenvalue weighted by molar-refractivity contribution is 6.30. The quantitative estimate of drug-likeness (QED) is 0.857. The average molecular weight is 249 g/mol. The molecule has 0 heterocycles. The fraction of sp³-hybridized carbons (Fsp3) is 0.500. The molecule has 0 unspecified atom stereocenters. The minimum absolute atomic E-state index is 0.249. The third-order valence-corrected chi connectivity index (χ3v) is 4.66. The Morgan fingerprint density at radius 3 is 2.29 bits per heavy atom. The average Bonchev–Trinajstić information content (AvgIpc) is 2.63. The number of nitrogens with one attached hydrogen (secondary N) is 1. The molecule has 0 spiro atoms. The molecule has 1 N–H and O–H groups in total. The highest BCUT2D eigenvalue weighted by atomic mass is 35.5. The zero-order chi connectivity index (χ0) is 12.8. The van der Waals surface area contributed by atoms with Crippen molar-refractivity contribution >= 4 is 17.3 Å². The van der Waals surface area contributed by atoms with E-state index in [1.54, 1.807) is 6.07 Å². The Balaban J connectivity index is 2.25. The summed E-state index contributed by atoms with van der Waals surface area (Å²) < 4.78 is 0. The van der Waals surface area contributed by atoms with E-state index in [1.807, 2.05) is 12.1 Å². The van der Waals surface area contributed by atoms with Gasteiger partial charge in [0.05, 0.1) is 11.3 Å². The number of halogens is 1. The van der Waals surface area contributed by atoms with Crippen LogP contribution in [-0.4, -0.2) is 6.04 Å². The second kappa shape index (κ2) is 3.65. The molecule has 2 rings (SSSR count). The second-order valence-corrected chi connectivity index (χ2v) is 6.26. The van der Waals surface area contributed by atoms with Crippen molar-refractivity contribution in [2.45, 2.75) is 33.7 Å². The Kier molecular flexibility index (Phi) is 2.63. The van der Waals surface area contributed by atoms with E-state index >= 15 is 0 Å². The first kappa shape index (κ1) is 12.3. The summed E-state index contributed by atoms with van der Waals surface area (Å²) in [7, 11) is 0. The van der Waals surface area contributed by atoms with Gasteiger partial charge >= 0.3 is 0 Å². The van der Waals surface area contributed by atoms with E-state index < -0.39 is 0 Å². The van der Waals surface area contributed by atoms with E-state index in [9.17, 15) is 0 Å². The van der Waals surface area contributed by atoms with Gasteiger partial charge in [0.1, 0.15) is 6.07 Å². The van der Waals surface area contributed by atoms with Crippen molar-refractivity contribution in [3.05, 3.63) is 28.8 Å². The molecule has 90 valence electrons. The molecule has 0 aromatic heterocycles. The molecule has 3 heteroatoms. The summed E-state index contributed by atoms with van der Waals surface area (Å²) in [4.78, 5) is 0. The van der Waals surface area contributed by atoms with Gasteiger partial charge in [0, 0.05) is 11.1 Å². The molecule has 0 bridgehead atoms. The van der Waals surface area contributed by atoms with Gasteiger partial charge in [-0.25, -0.2) is 0 Å². The number of nitriles is 1. The summed E-state index contributed by atoms with van der Waals surface area (Å²) in [6, 6.07) is 7.96. The zero-order valence-corrected chi connectivity index (χ0v) is 11.4. The normalized spacial score (nSPS) is 20.7. The molecule has 1 aromatic rings. The molecule has 1 aliphatic rings. The first-order valence-corrected chi connectivity index (χ1v) is 6.14. The highest BCUT2D eigenvalue weighted by Gasteiger charge is 2.65. The molecule has 0 radical (unpaired) electrons. The number of rotatable bonds is 2. The van der Waals surface area contributed by atoms with Crippen LogP contribution in [0.2, 0.25) is 5.02 Å². The van der Waals surface area contributed by atoms with Gasteiger partial charge in [0.25, 0.3) is 0 Å². The van der Waals surface area contributed by atoms with Crippen molar-refractivity contribution in [1.82, 2.24) is 0 Å². The molecule has 1 aromatic carbocycles. The molecule has 0 aliphatic heterocycles. The standard InChI is InChI=1S/C14H17ClN2/c1-13(2)12(14(13,3)4)17-11-6-5-10(15)7-9(11)8-16/h5-7,12,17H,1-4H3. The van der Waals surface area contributed by atoms with E-state index in [4.69, 9.17) is 16.9 Å². The van der Waals surface area contributed by atoms with Gasteiger partial charge in [-0.15, -0.1) is 0 Å². The molecular weight excluding hydrogens is 232 g/mol. The topological polar surface area (TPSA) is 35.8 Å². The molecule has 1 fully saturated rings. The van der Waals surface area contributed by atoms with Crippen LogP contribution >= 0.6 is 11.6 Å². The van der Waals surface area contributed by atoms with E-state index in [1.165, 1.54) is 0 Å². The largest absolute Gasteiger partial charge is 0.380 e. The number of hydrogen-bond acceptors (Lipinski definition) is 2. The molecule has 0 saturated heterocycles. The van der Waals surface area contributed by atoms with Crippen molar-refractivity contribution in [3.8, 4) is 6.07 Å². The van der Waals surface area contributed by atoms with E-state index in [-0.39, 0.29) is 10.8 Å². The number of anilines is 1. The minimum Gasteiger partial charge on any atom is -0.380 e. The third kappa shape index (κ3) is 1.79. The summed E-state index contributed by atoms with van der Waals surface area (Å²) in [5, 5.41) is 13.1. The third-order valence-electron chi connectivity index (χ3n) is 4.42. The van der Waals surface area contributed by atoms with Crippen molar-refractivity contribution < 1.29 is 0 Å². The van der Waals surface area contributed by atoms with Crippen LogP contribution in [0.3, 0.4) is 0 Å². The van der Waals surface area contributed by atoms with Crippen LogP contribution in [0.25, 0.3) is 0 Å². The molecule has 17 heavy (non-hydrogen) atoms. The van der Waals surface area contributed by atoms with Gasteiger partial charge < -0.3 is 5.32 Å². The fourth-order valence-corrected chi connectivity index (χ4v) is 2.62. The Bertz CT molecular complexity index is 483. The molecule has 1 saturated carbocycles. The van der Waals surface area contributed by atoms with Gasteiger partial charge in [0.2, 0.25) is 0 Å². The molecule has 0 amide bonds.